The van der Waals surface area contributed by atoms with E-state index in [4.69, 9.17) is 4.74 Å². The maximum absolute atomic E-state index is 10.9. The lowest BCUT2D eigenvalue weighted by Crippen LogP contribution is -2.17. The van der Waals surface area contributed by atoms with Crippen LogP contribution in [0.1, 0.15) is 6.92 Å². The molecule has 0 fully saturated rings. The molecule has 0 saturated heterocycles. The maximum atomic E-state index is 10.9. The summed E-state index contributed by atoms with van der Waals surface area (Å²) in [7, 11) is 0. The summed E-state index contributed by atoms with van der Waals surface area (Å²) in [6.07, 6.45) is 13.3. The third-order valence-corrected chi connectivity index (χ3v) is 2.04. The van der Waals surface area contributed by atoms with Crippen molar-refractivity contribution in [3.8, 4) is 0 Å². The number of carbonyl (C=O) groups is 1. The fourth-order valence-corrected chi connectivity index (χ4v) is 1.43. The van der Waals surface area contributed by atoms with Crippen LogP contribution in [0, 0.1) is 0 Å². The number of dihydropyridines is 1. The minimum atomic E-state index is -0.328. The first-order valence-electron chi connectivity index (χ1n) is 4.68. The first-order valence-corrected chi connectivity index (χ1v) is 4.68. The number of allylic oxidation sites excluding steroid dienone is 8. The molecule has 3 nitrogen and oxygen atoms in total. The van der Waals surface area contributed by atoms with Gasteiger partial charge < -0.3 is 10.1 Å². The van der Waals surface area contributed by atoms with E-state index in [2.05, 4.69) is 5.32 Å². The largest absolute Gasteiger partial charge is 0.409 e. The third-order valence-electron chi connectivity index (χ3n) is 2.04. The Bertz CT molecular complexity index is 437. The van der Waals surface area contributed by atoms with Crippen LogP contribution >= 0.6 is 0 Å². The van der Waals surface area contributed by atoms with Crippen LogP contribution in [0.5, 0.6) is 0 Å². The standard InChI is InChI=1S/C12H11NO2/c1-9(14)15-12-11-6-4-2-3-5-10(11)7-8-13-12/h2-8,13H,1H3. The van der Waals surface area contributed by atoms with Crippen LogP contribution in [0.25, 0.3) is 0 Å². The second-order valence-electron chi connectivity index (χ2n) is 3.18. The zero-order valence-electron chi connectivity index (χ0n) is 8.36. The summed E-state index contributed by atoms with van der Waals surface area (Å²) >= 11 is 0. The van der Waals surface area contributed by atoms with Crippen LogP contribution in [0.15, 0.2) is 59.7 Å². The summed E-state index contributed by atoms with van der Waals surface area (Å²) in [5, 5.41) is 2.91. The second kappa shape index (κ2) is 4.00. The van der Waals surface area contributed by atoms with Gasteiger partial charge >= 0.3 is 5.97 Å². The number of fused-ring (bicyclic) bond motifs is 1. The summed E-state index contributed by atoms with van der Waals surface area (Å²) in [5.74, 6) is 0.154. The van der Waals surface area contributed by atoms with Crippen LogP contribution in [-0.2, 0) is 9.53 Å². The third kappa shape index (κ3) is 2.07. The van der Waals surface area contributed by atoms with Crippen molar-refractivity contribution >= 4 is 5.97 Å². The van der Waals surface area contributed by atoms with E-state index < -0.39 is 0 Å². The number of carbonyl (C=O) groups excluding carboxylic acids is 1. The van der Waals surface area contributed by atoms with Crippen LogP contribution in [0.4, 0.5) is 0 Å². The number of nitrogens with one attached hydrogen (secondary N) is 1. The molecule has 0 spiro atoms. The van der Waals surface area contributed by atoms with Crippen molar-refractivity contribution < 1.29 is 9.53 Å². The molecule has 2 rings (SSSR count). The van der Waals surface area contributed by atoms with E-state index in [9.17, 15) is 4.79 Å². The minimum absolute atomic E-state index is 0.328. The van der Waals surface area contributed by atoms with Crippen molar-refractivity contribution in [1.82, 2.24) is 5.32 Å². The highest BCUT2D eigenvalue weighted by atomic mass is 16.5. The second-order valence-corrected chi connectivity index (χ2v) is 3.18. The molecular weight excluding hydrogens is 190 g/mol. The number of rotatable bonds is 1. The van der Waals surface area contributed by atoms with Crippen molar-refractivity contribution in [1.29, 1.82) is 0 Å². The summed E-state index contributed by atoms with van der Waals surface area (Å²) in [6.45, 7) is 1.38. The van der Waals surface area contributed by atoms with Gasteiger partial charge in [0.2, 0.25) is 5.88 Å². The lowest BCUT2D eigenvalue weighted by atomic mass is 10.0. The molecule has 0 bridgehead atoms. The lowest BCUT2D eigenvalue weighted by molar-refractivity contribution is -0.137. The predicted octanol–water partition coefficient (Wildman–Crippen LogP) is 1.93. The number of hydrogen-bond donors (Lipinski definition) is 1. The Hall–Kier alpha value is -2.03. The van der Waals surface area contributed by atoms with Crippen LogP contribution < -0.4 is 5.32 Å². The monoisotopic (exact) mass is 201 g/mol. The number of esters is 1. The van der Waals surface area contributed by atoms with Gasteiger partial charge in [0.15, 0.2) is 0 Å². The Morgan fingerprint density at radius 2 is 2.13 bits per heavy atom. The molecule has 15 heavy (non-hydrogen) atoms. The van der Waals surface area contributed by atoms with Gasteiger partial charge in [-0.05, 0) is 17.7 Å². The van der Waals surface area contributed by atoms with Gasteiger partial charge in [0.1, 0.15) is 0 Å². The smallest absolute Gasteiger partial charge is 0.309 e. The zero-order valence-corrected chi connectivity index (χ0v) is 8.36. The van der Waals surface area contributed by atoms with Crippen LogP contribution in [-0.4, -0.2) is 5.97 Å². The highest BCUT2D eigenvalue weighted by Crippen LogP contribution is 2.22. The average Bonchev–Trinajstić information content (AvgIpc) is 2.42. The summed E-state index contributed by atoms with van der Waals surface area (Å²) in [6, 6.07) is 0. The highest BCUT2D eigenvalue weighted by Gasteiger charge is 2.14. The average molecular weight is 201 g/mol. The first-order chi connectivity index (χ1) is 7.27. The van der Waals surface area contributed by atoms with Gasteiger partial charge in [0, 0.05) is 18.7 Å². The van der Waals surface area contributed by atoms with E-state index in [0.717, 1.165) is 11.1 Å². The summed E-state index contributed by atoms with van der Waals surface area (Å²) in [4.78, 5) is 10.9. The molecule has 0 unspecified atom stereocenters. The fraction of sp³-hybridized carbons (Fsp3) is 0.0833. The van der Waals surface area contributed by atoms with Gasteiger partial charge in [-0.25, -0.2) is 0 Å². The van der Waals surface area contributed by atoms with Gasteiger partial charge in [0.25, 0.3) is 0 Å². The SMILES string of the molecule is CC(=O)OC1=C2C=CC=CC=C2C=CN1. The number of ether oxygens (including phenoxy) is 1. The molecule has 0 atom stereocenters. The maximum Gasteiger partial charge on any atom is 0.309 e. The van der Waals surface area contributed by atoms with Gasteiger partial charge in [0.05, 0.1) is 0 Å². The summed E-state index contributed by atoms with van der Waals surface area (Å²) < 4.78 is 5.07. The van der Waals surface area contributed by atoms with Crippen molar-refractivity contribution in [2.75, 3.05) is 0 Å². The molecule has 1 heterocycles. The Labute approximate surface area is 88.1 Å². The molecular formula is C12H11NO2. The first kappa shape index (κ1) is 9.52. The molecule has 0 radical (unpaired) electrons. The van der Waals surface area contributed by atoms with E-state index in [1.807, 2.05) is 36.5 Å². The normalized spacial score (nSPS) is 17.8. The molecule has 0 saturated carbocycles. The minimum Gasteiger partial charge on any atom is -0.409 e. The van der Waals surface area contributed by atoms with E-state index in [1.165, 1.54) is 6.92 Å². The fourth-order valence-electron chi connectivity index (χ4n) is 1.43. The number of hydrogen-bond acceptors (Lipinski definition) is 3. The Balaban J connectivity index is 2.39. The molecule has 0 amide bonds. The molecule has 1 aliphatic carbocycles. The van der Waals surface area contributed by atoms with Gasteiger partial charge in [-0.1, -0.05) is 24.3 Å². The van der Waals surface area contributed by atoms with E-state index in [1.54, 1.807) is 6.20 Å². The van der Waals surface area contributed by atoms with Gasteiger partial charge in [-0.3, -0.25) is 4.79 Å². The van der Waals surface area contributed by atoms with Crippen molar-refractivity contribution in [2.45, 2.75) is 6.92 Å². The quantitative estimate of drug-likeness (QED) is 0.659. The molecule has 0 aromatic heterocycles. The highest BCUT2D eigenvalue weighted by molar-refractivity contribution is 5.68. The topological polar surface area (TPSA) is 38.3 Å². The van der Waals surface area contributed by atoms with E-state index in [0.29, 0.717) is 5.88 Å². The Morgan fingerprint density at radius 1 is 1.27 bits per heavy atom. The van der Waals surface area contributed by atoms with Crippen LogP contribution in [0.2, 0.25) is 0 Å². The van der Waals surface area contributed by atoms with E-state index in [-0.39, 0.29) is 5.97 Å². The van der Waals surface area contributed by atoms with Crippen molar-refractivity contribution in [2.24, 2.45) is 0 Å². The van der Waals surface area contributed by atoms with Gasteiger partial charge in [-0.15, -0.1) is 0 Å². The Kier molecular flexibility index (Phi) is 2.54. The molecule has 0 aromatic rings. The summed E-state index contributed by atoms with van der Waals surface area (Å²) in [5.41, 5.74) is 1.91. The molecule has 0 aromatic carbocycles. The van der Waals surface area contributed by atoms with Gasteiger partial charge in [-0.2, -0.15) is 0 Å². The Morgan fingerprint density at radius 3 is 2.93 bits per heavy atom. The predicted molar refractivity (Wildman–Crippen MR) is 57.4 cm³/mol. The zero-order chi connectivity index (χ0) is 10.7. The molecule has 76 valence electrons. The molecule has 1 aliphatic heterocycles. The molecule has 1 N–H and O–H groups in total. The van der Waals surface area contributed by atoms with E-state index >= 15 is 0 Å². The molecule has 3 heteroatoms. The van der Waals surface area contributed by atoms with Crippen LogP contribution in [0.3, 0.4) is 0 Å². The molecule has 2 aliphatic rings. The van der Waals surface area contributed by atoms with Crippen molar-refractivity contribution in [3.63, 3.8) is 0 Å². The lowest BCUT2D eigenvalue weighted by Gasteiger charge is -2.16. The van der Waals surface area contributed by atoms with Crippen molar-refractivity contribution in [3.05, 3.63) is 59.7 Å².